The SMILES string of the molecule is CC1CCc2sc(C(=O)NN=Cc3ccccc3C(=O)O)cc2C1. The summed E-state index contributed by atoms with van der Waals surface area (Å²) in [7, 11) is 0. The van der Waals surface area contributed by atoms with E-state index >= 15 is 0 Å². The number of amides is 1. The molecule has 0 aliphatic heterocycles. The van der Waals surface area contributed by atoms with E-state index in [2.05, 4.69) is 17.5 Å². The van der Waals surface area contributed by atoms with Gasteiger partial charge in [-0.3, -0.25) is 4.79 Å². The monoisotopic (exact) mass is 342 g/mol. The van der Waals surface area contributed by atoms with Gasteiger partial charge in [-0.25, -0.2) is 10.2 Å². The molecule has 24 heavy (non-hydrogen) atoms. The first-order valence-corrected chi connectivity index (χ1v) is 8.63. The van der Waals surface area contributed by atoms with Crippen LogP contribution in [-0.4, -0.2) is 23.2 Å². The number of nitrogens with zero attached hydrogens (tertiary/aromatic N) is 1. The summed E-state index contributed by atoms with van der Waals surface area (Å²) >= 11 is 1.52. The van der Waals surface area contributed by atoms with Crippen molar-refractivity contribution in [3.63, 3.8) is 0 Å². The van der Waals surface area contributed by atoms with Gasteiger partial charge in [0.2, 0.25) is 0 Å². The third-order valence-corrected chi connectivity index (χ3v) is 5.35. The molecule has 1 aromatic heterocycles. The molecule has 1 aliphatic carbocycles. The van der Waals surface area contributed by atoms with Gasteiger partial charge in [-0.05, 0) is 42.9 Å². The zero-order valence-electron chi connectivity index (χ0n) is 13.3. The van der Waals surface area contributed by atoms with Crippen molar-refractivity contribution in [2.75, 3.05) is 0 Å². The minimum atomic E-state index is -1.02. The number of aromatic carboxylic acids is 1. The molecule has 0 spiro atoms. The van der Waals surface area contributed by atoms with Gasteiger partial charge in [0.25, 0.3) is 5.91 Å². The van der Waals surface area contributed by atoms with Gasteiger partial charge >= 0.3 is 5.97 Å². The highest BCUT2D eigenvalue weighted by Crippen LogP contribution is 2.32. The summed E-state index contributed by atoms with van der Waals surface area (Å²) in [6, 6.07) is 8.47. The number of rotatable bonds is 4. The largest absolute Gasteiger partial charge is 0.478 e. The Labute approximate surface area is 144 Å². The van der Waals surface area contributed by atoms with E-state index in [9.17, 15) is 9.59 Å². The molecule has 0 fully saturated rings. The van der Waals surface area contributed by atoms with Crippen molar-refractivity contribution in [2.24, 2.45) is 11.0 Å². The minimum Gasteiger partial charge on any atom is -0.478 e. The normalized spacial score (nSPS) is 16.8. The molecule has 0 radical (unpaired) electrons. The number of carboxylic acids is 1. The van der Waals surface area contributed by atoms with Gasteiger partial charge in [0.1, 0.15) is 0 Å². The van der Waals surface area contributed by atoms with Gasteiger partial charge in [-0.1, -0.05) is 25.1 Å². The van der Waals surface area contributed by atoms with Gasteiger partial charge in [0, 0.05) is 10.4 Å². The van der Waals surface area contributed by atoms with E-state index in [1.165, 1.54) is 40.5 Å². The van der Waals surface area contributed by atoms with Crippen molar-refractivity contribution in [1.29, 1.82) is 0 Å². The smallest absolute Gasteiger partial charge is 0.336 e. The molecule has 1 atom stereocenters. The van der Waals surface area contributed by atoms with Gasteiger partial charge in [-0.2, -0.15) is 5.10 Å². The van der Waals surface area contributed by atoms with Crippen molar-refractivity contribution in [3.05, 3.63) is 56.8 Å². The van der Waals surface area contributed by atoms with Crippen LogP contribution in [0.2, 0.25) is 0 Å². The third-order valence-electron chi connectivity index (χ3n) is 4.11. The molecule has 0 saturated heterocycles. The third kappa shape index (κ3) is 3.54. The molecule has 1 amide bonds. The highest BCUT2D eigenvalue weighted by atomic mass is 32.1. The van der Waals surface area contributed by atoms with Crippen LogP contribution in [0.1, 0.15) is 49.4 Å². The second-order valence-corrected chi connectivity index (χ2v) is 7.14. The Balaban J connectivity index is 1.69. The van der Waals surface area contributed by atoms with Gasteiger partial charge in [0.15, 0.2) is 0 Å². The molecule has 0 saturated carbocycles. The Morgan fingerprint density at radius 1 is 1.38 bits per heavy atom. The van der Waals surface area contributed by atoms with Gasteiger partial charge in [-0.15, -0.1) is 11.3 Å². The number of benzene rings is 1. The van der Waals surface area contributed by atoms with Crippen LogP contribution in [0, 0.1) is 5.92 Å². The van der Waals surface area contributed by atoms with Crippen LogP contribution in [0.4, 0.5) is 0 Å². The van der Waals surface area contributed by atoms with Crippen LogP contribution < -0.4 is 5.43 Å². The maximum atomic E-state index is 12.2. The molecule has 0 bridgehead atoms. The molecule has 1 aliphatic rings. The van der Waals surface area contributed by atoms with E-state index in [-0.39, 0.29) is 11.5 Å². The first kappa shape index (κ1) is 16.4. The second kappa shape index (κ2) is 6.97. The van der Waals surface area contributed by atoms with E-state index in [0.29, 0.717) is 16.4 Å². The average Bonchev–Trinajstić information content (AvgIpc) is 2.98. The van der Waals surface area contributed by atoms with Crippen LogP contribution in [0.25, 0.3) is 0 Å². The zero-order chi connectivity index (χ0) is 17.1. The topological polar surface area (TPSA) is 78.8 Å². The summed E-state index contributed by atoms with van der Waals surface area (Å²) in [4.78, 5) is 25.3. The quantitative estimate of drug-likeness (QED) is 0.661. The Morgan fingerprint density at radius 3 is 2.96 bits per heavy atom. The van der Waals surface area contributed by atoms with Crippen molar-refractivity contribution in [3.8, 4) is 0 Å². The first-order valence-electron chi connectivity index (χ1n) is 7.82. The Hall–Kier alpha value is -2.47. The van der Waals surface area contributed by atoms with Gasteiger partial charge in [0.05, 0.1) is 16.7 Å². The number of hydrazone groups is 1. The van der Waals surface area contributed by atoms with Crippen LogP contribution in [0.15, 0.2) is 35.4 Å². The number of aryl methyl sites for hydroxylation is 1. The molecular weight excluding hydrogens is 324 g/mol. The number of carbonyl (C=O) groups excluding carboxylic acids is 1. The fourth-order valence-electron chi connectivity index (χ4n) is 2.84. The summed E-state index contributed by atoms with van der Waals surface area (Å²) in [6.45, 7) is 2.23. The lowest BCUT2D eigenvalue weighted by atomic mass is 9.90. The van der Waals surface area contributed by atoms with Crippen molar-refractivity contribution in [2.45, 2.75) is 26.2 Å². The molecule has 1 aromatic carbocycles. The standard InChI is InChI=1S/C18H18N2O3S/c1-11-6-7-15-13(8-11)9-16(24-15)17(21)20-19-10-12-4-2-3-5-14(12)18(22)23/h2-5,9-11H,6-8H2,1H3,(H,20,21)(H,22,23). The van der Waals surface area contributed by atoms with Crippen LogP contribution in [0.3, 0.4) is 0 Å². The van der Waals surface area contributed by atoms with E-state index in [1.54, 1.807) is 18.2 Å². The average molecular weight is 342 g/mol. The molecular formula is C18H18N2O3S. The van der Waals surface area contributed by atoms with Crippen LogP contribution in [0.5, 0.6) is 0 Å². The van der Waals surface area contributed by atoms with Crippen molar-refractivity contribution < 1.29 is 14.7 Å². The predicted molar refractivity (Wildman–Crippen MR) is 94.0 cm³/mol. The molecule has 1 unspecified atom stereocenters. The number of hydrogen-bond acceptors (Lipinski definition) is 4. The fourth-order valence-corrected chi connectivity index (χ4v) is 3.94. The van der Waals surface area contributed by atoms with E-state index in [4.69, 9.17) is 5.11 Å². The Kier molecular flexibility index (Phi) is 4.76. The Bertz CT molecular complexity index is 810. The van der Waals surface area contributed by atoms with Crippen molar-refractivity contribution in [1.82, 2.24) is 5.43 Å². The molecule has 3 rings (SSSR count). The highest BCUT2D eigenvalue weighted by Gasteiger charge is 2.20. The highest BCUT2D eigenvalue weighted by molar-refractivity contribution is 7.14. The maximum Gasteiger partial charge on any atom is 0.336 e. The summed E-state index contributed by atoms with van der Waals surface area (Å²) in [5.74, 6) is -0.622. The lowest BCUT2D eigenvalue weighted by molar-refractivity contribution is 0.0696. The molecule has 2 N–H and O–H groups in total. The van der Waals surface area contributed by atoms with E-state index in [0.717, 1.165) is 12.8 Å². The summed E-state index contributed by atoms with van der Waals surface area (Å²) in [5.41, 5.74) is 4.35. The molecule has 6 heteroatoms. The second-order valence-electron chi connectivity index (χ2n) is 6.00. The van der Waals surface area contributed by atoms with E-state index in [1.807, 2.05) is 6.07 Å². The first-order chi connectivity index (χ1) is 11.5. The predicted octanol–water partition coefficient (Wildman–Crippen LogP) is 3.34. The fraction of sp³-hybridized carbons (Fsp3) is 0.278. The minimum absolute atomic E-state index is 0.149. The van der Waals surface area contributed by atoms with Gasteiger partial charge < -0.3 is 5.11 Å². The molecule has 124 valence electrons. The molecule has 1 heterocycles. The summed E-state index contributed by atoms with van der Waals surface area (Å²) < 4.78 is 0. The molecule has 5 nitrogen and oxygen atoms in total. The van der Waals surface area contributed by atoms with Crippen LogP contribution >= 0.6 is 11.3 Å². The summed E-state index contributed by atoms with van der Waals surface area (Å²) in [5, 5.41) is 13.0. The number of hydrogen-bond donors (Lipinski definition) is 2. The van der Waals surface area contributed by atoms with Crippen molar-refractivity contribution >= 4 is 29.4 Å². The summed E-state index contributed by atoms with van der Waals surface area (Å²) in [6.07, 6.45) is 4.58. The lowest BCUT2D eigenvalue weighted by Gasteiger charge is -2.16. The number of thiophene rings is 1. The number of carboxylic acid groups (broad SMARTS) is 1. The molecule has 2 aromatic rings. The lowest BCUT2D eigenvalue weighted by Crippen LogP contribution is -2.16. The Morgan fingerprint density at radius 2 is 2.17 bits per heavy atom. The zero-order valence-corrected chi connectivity index (χ0v) is 14.1. The van der Waals surface area contributed by atoms with E-state index < -0.39 is 5.97 Å². The maximum absolute atomic E-state index is 12.2. The number of fused-ring (bicyclic) bond motifs is 1. The van der Waals surface area contributed by atoms with Crippen LogP contribution in [-0.2, 0) is 12.8 Å². The number of nitrogens with one attached hydrogen (secondary N) is 1. The number of carbonyl (C=O) groups is 2.